The number of nitrogens with one attached hydrogen (secondary N) is 1. The summed E-state index contributed by atoms with van der Waals surface area (Å²) >= 11 is 6.10. The third-order valence-corrected chi connectivity index (χ3v) is 4.40. The van der Waals surface area contributed by atoms with Crippen molar-refractivity contribution < 1.29 is 4.79 Å². The van der Waals surface area contributed by atoms with Gasteiger partial charge < -0.3 is 25.8 Å². The van der Waals surface area contributed by atoms with Crippen LogP contribution in [0.3, 0.4) is 0 Å². The molecule has 2 aliphatic rings. The lowest BCUT2D eigenvalue weighted by atomic mass is 10.1. The highest BCUT2D eigenvalue weighted by Crippen LogP contribution is 2.31. The van der Waals surface area contributed by atoms with Crippen LogP contribution in [0.25, 0.3) is 0 Å². The SMILES string of the molecule is CN1CC2CN(c3cc(Cl)cc(N)c3C=N)CCN2C1=O. The summed E-state index contributed by atoms with van der Waals surface area (Å²) in [5.41, 5.74) is 8.02. The van der Waals surface area contributed by atoms with Crippen LogP contribution in [0, 0.1) is 5.41 Å². The largest absolute Gasteiger partial charge is 0.398 e. The molecule has 3 rings (SSSR count). The van der Waals surface area contributed by atoms with Gasteiger partial charge in [-0.15, -0.1) is 0 Å². The number of urea groups is 1. The number of rotatable bonds is 2. The van der Waals surface area contributed by atoms with Gasteiger partial charge >= 0.3 is 6.03 Å². The highest BCUT2D eigenvalue weighted by molar-refractivity contribution is 6.31. The van der Waals surface area contributed by atoms with Crippen LogP contribution >= 0.6 is 11.6 Å². The number of carbonyl (C=O) groups is 1. The van der Waals surface area contributed by atoms with E-state index in [1.165, 1.54) is 6.21 Å². The molecule has 1 aromatic rings. The molecule has 1 atom stereocenters. The number of anilines is 2. The highest BCUT2D eigenvalue weighted by Gasteiger charge is 2.39. The Bertz CT molecular complexity index is 605. The molecule has 7 heteroatoms. The van der Waals surface area contributed by atoms with Gasteiger partial charge in [-0.1, -0.05) is 11.6 Å². The summed E-state index contributed by atoms with van der Waals surface area (Å²) in [6, 6.07) is 3.77. The van der Waals surface area contributed by atoms with Crippen LogP contribution in [0.5, 0.6) is 0 Å². The summed E-state index contributed by atoms with van der Waals surface area (Å²) in [5, 5.41) is 8.14. The minimum atomic E-state index is 0.0949. The van der Waals surface area contributed by atoms with Crippen molar-refractivity contribution in [3.8, 4) is 0 Å². The number of nitrogens with two attached hydrogens (primary N) is 1. The molecule has 0 spiro atoms. The van der Waals surface area contributed by atoms with Gasteiger partial charge in [0, 0.05) is 61.4 Å². The third kappa shape index (κ3) is 2.29. The second-order valence-electron chi connectivity index (χ2n) is 5.53. The van der Waals surface area contributed by atoms with E-state index >= 15 is 0 Å². The van der Waals surface area contributed by atoms with Crippen molar-refractivity contribution in [2.24, 2.45) is 0 Å². The number of carbonyl (C=O) groups excluding carboxylic acids is 1. The van der Waals surface area contributed by atoms with Crippen molar-refractivity contribution in [3.05, 3.63) is 22.7 Å². The molecule has 0 saturated carbocycles. The van der Waals surface area contributed by atoms with Crippen LogP contribution in [0.2, 0.25) is 5.02 Å². The lowest BCUT2D eigenvalue weighted by Crippen LogP contribution is -2.52. The fourth-order valence-corrected chi connectivity index (χ4v) is 3.36. The van der Waals surface area contributed by atoms with Crippen LogP contribution in [0.15, 0.2) is 12.1 Å². The minimum absolute atomic E-state index is 0.0949. The normalized spacial score (nSPS) is 21.7. The molecule has 1 unspecified atom stereocenters. The van der Waals surface area contributed by atoms with Gasteiger partial charge in [-0.25, -0.2) is 4.79 Å². The number of fused-ring (bicyclic) bond motifs is 1. The second-order valence-corrected chi connectivity index (χ2v) is 5.96. The van der Waals surface area contributed by atoms with E-state index in [1.807, 2.05) is 18.0 Å². The van der Waals surface area contributed by atoms with Gasteiger partial charge in [0.25, 0.3) is 0 Å². The van der Waals surface area contributed by atoms with E-state index < -0.39 is 0 Å². The number of benzene rings is 1. The smallest absolute Gasteiger partial charge is 0.320 e. The van der Waals surface area contributed by atoms with Crippen LogP contribution in [0.4, 0.5) is 16.2 Å². The average Bonchev–Trinajstić information content (AvgIpc) is 2.73. The molecule has 2 fully saturated rings. The van der Waals surface area contributed by atoms with Crippen molar-refractivity contribution in [2.75, 3.05) is 43.9 Å². The lowest BCUT2D eigenvalue weighted by molar-refractivity contribution is 0.187. The fourth-order valence-electron chi connectivity index (χ4n) is 3.14. The number of hydrogen-bond acceptors (Lipinski definition) is 4. The lowest BCUT2D eigenvalue weighted by Gasteiger charge is -2.38. The Morgan fingerprint density at radius 2 is 2.14 bits per heavy atom. The number of halogens is 1. The Morgan fingerprint density at radius 1 is 1.38 bits per heavy atom. The molecule has 2 amide bonds. The number of nitrogen functional groups attached to an aromatic ring is 1. The molecular formula is C14H18ClN5O. The maximum absolute atomic E-state index is 12.0. The van der Waals surface area contributed by atoms with Gasteiger partial charge in [0.15, 0.2) is 0 Å². The van der Waals surface area contributed by atoms with Crippen molar-refractivity contribution in [1.82, 2.24) is 9.80 Å². The Labute approximate surface area is 128 Å². The van der Waals surface area contributed by atoms with Crippen molar-refractivity contribution in [2.45, 2.75) is 6.04 Å². The molecular weight excluding hydrogens is 290 g/mol. The Kier molecular flexibility index (Phi) is 3.41. The topological polar surface area (TPSA) is 76.7 Å². The van der Waals surface area contributed by atoms with Gasteiger partial charge in [0.05, 0.1) is 6.04 Å². The van der Waals surface area contributed by atoms with E-state index in [-0.39, 0.29) is 12.1 Å². The number of likely N-dealkylation sites (N-methyl/N-ethyl adjacent to an activating group) is 1. The number of amides is 2. The summed E-state index contributed by atoms with van der Waals surface area (Å²) in [4.78, 5) is 17.8. The summed E-state index contributed by atoms with van der Waals surface area (Å²) < 4.78 is 0. The highest BCUT2D eigenvalue weighted by atomic mass is 35.5. The number of hydrogen-bond donors (Lipinski definition) is 2. The Morgan fingerprint density at radius 3 is 2.86 bits per heavy atom. The molecule has 3 N–H and O–H groups in total. The maximum Gasteiger partial charge on any atom is 0.320 e. The van der Waals surface area contributed by atoms with E-state index in [2.05, 4.69) is 4.90 Å². The molecule has 2 saturated heterocycles. The molecule has 0 bridgehead atoms. The zero-order valence-electron chi connectivity index (χ0n) is 11.8. The molecule has 2 heterocycles. The predicted molar refractivity (Wildman–Crippen MR) is 84.5 cm³/mol. The average molecular weight is 308 g/mol. The number of piperazine rings is 1. The van der Waals surface area contributed by atoms with Gasteiger partial charge in [-0.3, -0.25) is 0 Å². The molecule has 0 radical (unpaired) electrons. The maximum atomic E-state index is 12.0. The zero-order chi connectivity index (χ0) is 15.1. The van der Waals surface area contributed by atoms with E-state index in [9.17, 15) is 4.79 Å². The molecule has 112 valence electrons. The van der Waals surface area contributed by atoms with Crippen LogP contribution in [0.1, 0.15) is 5.56 Å². The first kappa shape index (κ1) is 14.0. The zero-order valence-corrected chi connectivity index (χ0v) is 12.6. The monoisotopic (exact) mass is 307 g/mol. The summed E-state index contributed by atoms with van der Waals surface area (Å²) in [5.74, 6) is 0. The van der Waals surface area contributed by atoms with Crippen molar-refractivity contribution in [1.29, 1.82) is 5.41 Å². The second kappa shape index (κ2) is 5.11. The fraction of sp³-hybridized carbons (Fsp3) is 0.429. The quantitative estimate of drug-likeness (QED) is 0.642. The first-order valence-corrected chi connectivity index (χ1v) is 7.25. The van der Waals surface area contributed by atoms with E-state index in [4.69, 9.17) is 22.7 Å². The van der Waals surface area contributed by atoms with Gasteiger partial charge in [-0.2, -0.15) is 0 Å². The minimum Gasteiger partial charge on any atom is -0.398 e. The summed E-state index contributed by atoms with van der Waals surface area (Å²) in [6.45, 7) is 2.86. The molecule has 6 nitrogen and oxygen atoms in total. The molecule has 0 aromatic heterocycles. The molecule has 0 aliphatic carbocycles. The first-order chi connectivity index (χ1) is 10.0. The Hall–Kier alpha value is -1.95. The van der Waals surface area contributed by atoms with E-state index in [0.29, 0.717) is 22.8 Å². The standard InChI is InChI=1S/C14H18ClN5O/c1-18-7-10-8-19(2-3-20(10)14(18)21)13-5-9(15)4-12(17)11(13)6-16/h4-6,10,16H,2-3,7-8,17H2,1H3. The van der Waals surface area contributed by atoms with Gasteiger partial charge in [0.2, 0.25) is 0 Å². The summed E-state index contributed by atoms with van der Waals surface area (Å²) in [6.07, 6.45) is 1.26. The summed E-state index contributed by atoms with van der Waals surface area (Å²) in [7, 11) is 1.82. The van der Waals surface area contributed by atoms with Crippen LogP contribution < -0.4 is 10.6 Å². The van der Waals surface area contributed by atoms with Crippen LogP contribution in [-0.4, -0.2) is 61.3 Å². The van der Waals surface area contributed by atoms with Crippen LogP contribution in [-0.2, 0) is 0 Å². The molecule has 21 heavy (non-hydrogen) atoms. The first-order valence-electron chi connectivity index (χ1n) is 6.87. The van der Waals surface area contributed by atoms with Gasteiger partial charge in [0.1, 0.15) is 0 Å². The van der Waals surface area contributed by atoms with Gasteiger partial charge in [-0.05, 0) is 12.1 Å². The Balaban J connectivity index is 1.90. The number of nitrogens with zero attached hydrogens (tertiary/aromatic N) is 3. The predicted octanol–water partition coefficient (Wildman–Crippen LogP) is 1.48. The molecule has 1 aromatic carbocycles. The third-order valence-electron chi connectivity index (χ3n) is 4.18. The van der Waals surface area contributed by atoms with Crippen molar-refractivity contribution >= 4 is 35.2 Å². The van der Waals surface area contributed by atoms with E-state index in [0.717, 1.165) is 25.3 Å². The van der Waals surface area contributed by atoms with Crippen molar-refractivity contribution in [3.63, 3.8) is 0 Å². The van der Waals surface area contributed by atoms with E-state index in [1.54, 1.807) is 11.0 Å². The molecule has 2 aliphatic heterocycles.